The molecule has 1 N–H and O–H groups in total. The van der Waals surface area contributed by atoms with Crippen molar-refractivity contribution in [3.8, 4) is 0 Å². The fraction of sp³-hybridized carbons (Fsp3) is 0.600. The highest BCUT2D eigenvalue weighted by atomic mass is 19.1. The Hall–Kier alpha value is -1.56. The quantitative estimate of drug-likeness (QED) is 0.662. The van der Waals surface area contributed by atoms with Gasteiger partial charge in [-0.25, -0.2) is 4.39 Å². The summed E-state index contributed by atoms with van der Waals surface area (Å²) in [6.07, 6.45) is 5.57. The molecule has 0 saturated heterocycles. The molecule has 1 aliphatic rings. The summed E-state index contributed by atoms with van der Waals surface area (Å²) in [5, 5.41) is 13.9. The van der Waals surface area contributed by atoms with Crippen LogP contribution in [0.2, 0.25) is 0 Å². The molecule has 0 aliphatic heterocycles. The maximum atomic E-state index is 13.7. The number of nitrogens with zero attached hydrogens (tertiary/aromatic N) is 1. The summed E-state index contributed by atoms with van der Waals surface area (Å²) in [6, 6.07) is 1.87. The predicted molar refractivity (Wildman–Crippen MR) is 75.9 cm³/mol. The SMILES string of the molecule is CCC1CCCC(NCc2cc([N+](=O)[O-])c(F)cc2F)C1. The number of rotatable bonds is 5. The van der Waals surface area contributed by atoms with Gasteiger partial charge in [-0.05, 0) is 18.8 Å². The third-order valence-corrected chi connectivity index (χ3v) is 4.25. The third-order valence-electron chi connectivity index (χ3n) is 4.25. The van der Waals surface area contributed by atoms with Gasteiger partial charge in [0.25, 0.3) is 0 Å². The van der Waals surface area contributed by atoms with Gasteiger partial charge in [0.2, 0.25) is 5.82 Å². The van der Waals surface area contributed by atoms with Crippen LogP contribution < -0.4 is 5.32 Å². The van der Waals surface area contributed by atoms with Crippen LogP contribution in [0, 0.1) is 27.7 Å². The lowest BCUT2D eigenvalue weighted by Gasteiger charge is -2.29. The zero-order valence-electron chi connectivity index (χ0n) is 12.1. The normalized spacial score (nSPS) is 22.2. The molecule has 1 fully saturated rings. The van der Waals surface area contributed by atoms with Gasteiger partial charge in [-0.3, -0.25) is 10.1 Å². The first kappa shape index (κ1) is 15.8. The lowest BCUT2D eigenvalue weighted by atomic mass is 9.84. The third kappa shape index (κ3) is 3.97. The van der Waals surface area contributed by atoms with Gasteiger partial charge >= 0.3 is 5.69 Å². The van der Waals surface area contributed by atoms with Crippen LogP contribution in [0.25, 0.3) is 0 Å². The second-order valence-corrected chi connectivity index (χ2v) is 5.67. The summed E-state index contributed by atoms with van der Waals surface area (Å²) in [5.41, 5.74) is -0.537. The predicted octanol–water partition coefficient (Wildman–Crippen LogP) is 3.93. The number of hydrogen-bond acceptors (Lipinski definition) is 3. The summed E-state index contributed by atoms with van der Waals surface area (Å²) < 4.78 is 27.0. The first-order valence-electron chi connectivity index (χ1n) is 7.37. The van der Waals surface area contributed by atoms with Crippen LogP contribution >= 0.6 is 0 Å². The number of benzene rings is 1. The van der Waals surface area contributed by atoms with E-state index in [2.05, 4.69) is 12.2 Å². The number of nitrogens with one attached hydrogen (secondary N) is 1. The van der Waals surface area contributed by atoms with Gasteiger partial charge in [0.05, 0.1) is 4.92 Å². The Balaban J connectivity index is 2.02. The lowest BCUT2D eigenvalue weighted by Crippen LogP contribution is -2.33. The number of nitro groups is 1. The molecule has 1 aliphatic carbocycles. The molecular weight excluding hydrogens is 278 g/mol. The molecule has 4 nitrogen and oxygen atoms in total. The lowest BCUT2D eigenvalue weighted by molar-refractivity contribution is -0.387. The van der Waals surface area contributed by atoms with Gasteiger partial charge in [0.1, 0.15) is 5.82 Å². The number of nitro benzene ring substituents is 1. The van der Waals surface area contributed by atoms with Crippen molar-refractivity contribution >= 4 is 5.69 Å². The standard InChI is InChI=1S/C15H20F2N2O2/c1-2-10-4-3-5-12(6-10)18-9-11-7-15(19(20)21)14(17)8-13(11)16/h7-8,10,12,18H,2-6,9H2,1H3. The number of halogens is 2. The topological polar surface area (TPSA) is 55.2 Å². The highest BCUT2D eigenvalue weighted by Crippen LogP contribution is 2.27. The molecule has 0 aromatic heterocycles. The van der Waals surface area contributed by atoms with E-state index in [-0.39, 0.29) is 12.1 Å². The average molecular weight is 298 g/mol. The van der Waals surface area contributed by atoms with Crippen LogP contribution in [-0.4, -0.2) is 11.0 Å². The Bertz CT molecular complexity index is 523. The molecule has 0 bridgehead atoms. The summed E-state index contributed by atoms with van der Waals surface area (Å²) >= 11 is 0. The van der Waals surface area contributed by atoms with Crippen molar-refractivity contribution in [1.82, 2.24) is 5.32 Å². The Kier molecular flexibility index (Phi) is 5.22. The molecule has 2 unspecified atom stereocenters. The summed E-state index contributed by atoms with van der Waals surface area (Å²) in [6.45, 7) is 2.35. The Morgan fingerprint density at radius 3 is 2.76 bits per heavy atom. The summed E-state index contributed by atoms with van der Waals surface area (Å²) in [7, 11) is 0. The van der Waals surface area contributed by atoms with E-state index >= 15 is 0 Å². The van der Waals surface area contributed by atoms with Gasteiger partial charge in [0.15, 0.2) is 0 Å². The Labute approximate surface area is 122 Å². The molecule has 21 heavy (non-hydrogen) atoms. The van der Waals surface area contributed by atoms with Gasteiger partial charge < -0.3 is 5.32 Å². The van der Waals surface area contributed by atoms with E-state index in [0.717, 1.165) is 31.7 Å². The van der Waals surface area contributed by atoms with Crippen molar-refractivity contribution in [3.05, 3.63) is 39.4 Å². The molecule has 0 radical (unpaired) electrons. The second-order valence-electron chi connectivity index (χ2n) is 5.67. The van der Waals surface area contributed by atoms with Crippen molar-refractivity contribution in [2.45, 2.75) is 51.6 Å². The number of hydrogen-bond donors (Lipinski definition) is 1. The van der Waals surface area contributed by atoms with Crippen molar-refractivity contribution in [2.75, 3.05) is 0 Å². The van der Waals surface area contributed by atoms with Gasteiger partial charge in [-0.15, -0.1) is 0 Å². The molecular formula is C15H20F2N2O2. The highest BCUT2D eigenvalue weighted by molar-refractivity contribution is 5.37. The first-order chi connectivity index (χ1) is 10.0. The maximum absolute atomic E-state index is 13.7. The van der Waals surface area contributed by atoms with Gasteiger partial charge in [-0.2, -0.15) is 4.39 Å². The van der Waals surface area contributed by atoms with Crippen molar-refractivity contribution < 1.29 is 13.7 Å². The minimum Gasteiger partial charge on any atom is -0.310 e. The van der Waals surface area contributed by atoms with E-state index in [1.54, 1.807) is 0 Å². The molecule has 0 heterocycles. The highest BCUT2D eigenvalue weighted by Gasteiger charge is 2.22. The molecule has 1 aromatic rings. The zero-order valence-corrected chi connectivity index (χ0v) is 12.1. The zero-order chi connectivity index (χ0) is 15.4. The Morgan fingerprint density at radius 2 is 2.10 bits per heavy atom. The van der Waals surface area contributed by atoms with Crippen LogP contribution in [0.5, 0.6) is 0 Å². The average Bonchev–Trinajstić information content (AvgIpc) is 2.46. The minimum atomic E-state index is -1.13. The smallest absolute Gasteiger partial charge is 0.305 e. The fourth-order valence-corrected chi connectivity index (χ4v) is 2.96. The Morgan fingerprint density at radius 1 is 1.33 bits per heavy atom. The molecule has 0 spiro atoms. The van der Waals surface area contributed by atoms with Crippen molar-refractivity contribution in [1.29, 1.82) is 0 Å². The molecule has 6 heteroatoms. The minimum absolute atomic E-state index is 0.140. The van der Waals surface area contributed by atoms with E-state index in [1.807, 2.05) is 0 Å². The summed E-state index contributed by atoms with van der Waals surface area (Å²) in [5.74, 6) is -1.19. The van der Waals surface area contributed by atoms with E-state index in [0.29, 0.717) is 18.0 Å². The second kappa shape index (κ2) is 6.93. The molecule has 1 aromatic carbocycles. The van der Waals surface area contributed by atoms with E-state index in [9.17, 15) is 18.9 Å². The van der Waals surface area contributed by atoms with E-state index in [1.165, 1.54) is 6.42 Å². The van der Waals surface area contributed by atoms with E-state index in [4.69, 9.17) is 0 Å². The van der Waals surface area contributed by atoms with Crippen molar-refractivity contribution in [3.63, 3.8) is 0 Å². The van der Waals surface area contributed by atoms with Crippen LogP contribution in [0.1, 0.15) is 44.6 Å². The molecule has 1 saturated carbocycles. The maximum Gasteiger partial charge on any atom is 0.305 e. The van der Waals surface area contributed by atoms with Crippen molar-refractivity contribution in [2.24, 2.45) is 5.92 Å². The molecule has 2 rings (SSSR count). The molecule has 0 amide bonds. The first-order valence-corrected chi connectivity index (χ1v) is 7.37. The summed E-state index contributed by atoms with van der Waals surface area (Å²) in [4.78, 5) is 9.87. The monoisotopic (exact) mass is 298 g/mol. The van der Waals surface area contributed by atoms with Crippen LogP contribution in [0.3, 0.4) is 0 Å². The molecule has 116 valence electrons. The van der Waals surface area contributed by atoms with Gasteiger partial charge in [0, 0.05) is 30.3 Å². The van der Waals surface area contributed by atoms with Crippen LogP contribution in [0.15, 0.2) is 12.1 Å². The van der Waals surface area contributed by atoms with Crippen LogP contribution in [-0.2, 0) is 6.54 Å². The van der Waals surface area contributed by atoms with Crippen LogP contribution in [0.4, 0.5) is 14.5 Å². The van der Waals surface area contributed by atoms with Gasteiger partial charge in [-0.1, -0.05) is 26.2 Å². The molecule has 2 atom stereocenters. The fourth-order valence-electron chi connectivity index (χ4n) is 2.96. The van der Waals surface area contributed by atoms with E-state index < -0.39 is 22.2 Å². The largest absolute Gasteiger partial charge is 0.310 e.